The van der Waals surface area contributed by atoms with Crippen molar-refractivity contribution in [1.29, 1.82) is 0 Å². The Morgan fingerprint density at radius 2 is 1.74 bits per heavy atom. The molecule has 0 atom stereocenters. The number of thioether (sulfide) groups is 1. The molecule has 3 aromatic rings. The number of hydrazone groups is 1. The zero-order chi connectivity index (χ0) is 22.5. The van der Waals surface area contributed by atoms with Crippen LogP contribution in [0.5, 0.6) is 0 Å². The van der Waals surface area contributed by atoms with E-state index in [1.54, 1.807) is 18.3 Å². The van der Waals surface area contributed by atoms with Gasteiger partial charge in [-0.15, -0.1) is 11.8 Å². The molecule has 8 heteroatoms. The zero-order valence-corrected chi connectivity index (χ0v) is 18.7. The van der Waals surface area contributed by atoms with Gasteiger partial charge in [-0.05, 0) is 69.2 Å². The summed E-state index contributed by atoms with van der Waals surface area (Å²) in [6, 6.07) is 14.6. The largest absolute Gasteiger partial charge is 0.318 e. The molecular weight excluding hydrogens is 412 g/mol. The molecule has 31 heavy (non-hydrogen) atoms. The first-order valence-corrected chi connectivity index (χ1v) is 10.7. The summed E-state index contributed by atoms with van der Waals surface area (Å²) in [6.07, 6.45) is 1.65. The van der Waals surface area contributed by atoms with Crippen LogP contribution in [-0.4, -0.2) is 27.4 Å². The summed E-state index contributed by atoms with van der Waals surface area (Å²) in [5.74, 6) is -0.0840. The van der Waals surface area contributed by atoms with Crippen molar-refractivity contribution in [3.05, 3.63) is 86.7 Å². The van der Waals surface area contributed by atoms with Crippen molar-refractivity contribution < 1.29 is 9.72 Å². The second kappa shape index (κ2) is 9.61. The van der Waals surface area contributed by atoms with Crippen LogP contribution >= 0.6 is 11.8 Å². The summed E-state index contributed by atoms with van der Waals surface area (Å²) >= 11 is 1.29. The Hall–Kier alpha value is -3.39. The van der Waals surface area contributed by atoms with Gasteiger partial charge in [0, 0.05) is 39.7 Å². The molecule has 1 amide bonds. The molecule has 0 bridgehead atoms. The Labute approximate surface area is 185 Å². The van der Waals surface area contributed by atoms with E-state index in [4.69, 9.17) is 0 Å². The Morgan fingerprint density at radius 1 is 1.10 bits per heavy atom. The number of non-ortho nitro benzene ring substituents is 1. The molecule has 3 rings (SSSR count). The van der Waals surface area contributed by atoms with Crippen molar-refractivity contribution in [1.82, 2.24) is 9.99 Å². The van der Waals surface area contributed by atoms with Crippen LogP contribution in [0.2, 0.25) is 0 Å². The number of hydrogen-bond acceptors (Lipinski definition) is 5. The molecule has 1 N–H and O–H groups in total. The predicted octanol–water partition coefficient (Wildman–Crippen LogP) is 4.86. The smallest absolute Gasteiger partial charge is 0.269 e. The fourth-order valence-corrected chi connectivity index (χ4v) is 4.11. The van der Waals surface area contributed by atoms with Gasteiger partial charge in [-0.3, -0.25) is 14.9 Å². The number of nitro benzene ring substituents is 1. The van der Waals surface area contributed by atoms with Crippen LogP contribution in [0, 0.1) is 37.8 Å². The lowest BCUT2D eigenvalue weighted by atomic mass is 10.1. The van der Waals surface area contributed by atoms with Crippen LogP contribution in [0.3, 0.4) is 0 Å². The quantitative estimate of drug-likeness (QED) is 0.248. The van der Waals surface area contributed by atoms with E-state index in [0.717, 1.165) is 27.5 Å². The van der Waals surface area contributed by atoms with Gasteiger partial charge < -0.3 is 4.57 Å². The van der Waals surface area contributed by atoms with Crippen LogP contribution in [-0.2, 0) is 4.79 Å². The van der Waals surface area contributed by atoms with Crippen LogP contribution in [0.15, 0.2) is 58.5 Å². The Balaban J connectivity index is 1.62. The van der Waals surface area contributed by atoms with E-state index in [2.05, 4.69) is 47.1 Å². The average molecular weight is 437 g/mol. The first kappa shape index (κ1) is 22.3. The topological polar surface area (TPSA) is 89.5 Å². The molecule has 0 aliphatic carbocycles. The number of hydrogen-bond donors (Lipinski definition) is 1. The Bertz CT molecular complexity index is 1130. The highest BCUT2D eigenvalue weighted by Gasteiger charge is 2.11. The predicted molar refractivity (Wildman–Crippen MR) is 124 cm³/mol. The molecule has 0 saturated carbocycles. The molecule has 0 unspecified atom stereocenters. The van der Waals surface area contributed by atoms with E-state index in [9.17, 15) is 14.9 Å². The van der Waals surface area contributed by atoms with Gasteiger partial charge in [-0.1, -0.05) is 6.07 Å². The summed E-state index contributed by atoms with van der Waals surface area (Å²) in [5.41, 5.74) is 9.14. The van der Waals surface area contributed by atoms with Crippen LogP contribution < -0.4 is 5.43 Å². The standard InChI is InChI=1S/C23H24N4O3S/c1-15-9-16(2)11-21(10-15)26-17(3)12-19(18(26)4)13-24-25-23(28)14-31-22-7-5-20(6-8-22)27(29)30/h5-13H,14H2,1-4H3,(H,25,28)/b24-13-. The minimum absolute atomic E-state index is 0.0248. The van der Waals surface area contributed by atoms with E-state index in [1.807, 2.05) is 19.9 Å². The average Bonchev–Trinajstić information content (AvgIpc) is 2.99. The van der Waals surface area contributed by atoms with Crippen molar-refractivity contribution in [2.45, 2.75) is 32.6 Å². The van der Waals surface area contributed by atoms with E-state index >= 15 is 0 Å². The summed E-state index contributed by atoms with van der Waals surface area (Å²) < 4.78 is 2.17. The van der Waals surface area contributed by atoms with Gasteiger partial charge in [0.05, 0.1) is 16.9 Å². The summed E-state index contributed by atoms with van der Waals surface area (Å²) in [5, 5.41) is 14.8. The second-order valence-electron chi connectivity index (χ2n) is 7.34. The normalized spacial score (nSPS) is 11.1. The lowest BCUT2D eigenvalue weighted by Gasteiger charge is -2.11. The molecule has 1 aromatic heterocycles. The van der Waals surface area contributed by atoms with Crippen molar-refractivity contribution in [3.8, 4) is 5.69 Å². The number of benzene rings is 2. The van der Waals surface area contributed by atoms with Crippen molar-refractivity contribution in [3.63, 3.8) is 0 Å². The maximum absolute atomic E-state index is 12.1. The number of amides is 1. The van der Waals surface area contributed by atoms with E-state index in [-0.39, 0.29) is 17.3 Å². The molecular formula is C23H24N4O3S. The number of nitrogens with one attached hydrogen (secondary N) is 1. The van der Waals surface area contributed by atoms with E-state index in [1.165, 1.54) is 35.0 Å². The zero-order valence-electron chi connectivity index (χ0n) is 17.9. The van der Waals surface area contributed by atoms with Crippen LogP contribution in [0.1, 0.15) is 28.1 Å². The van der Waals surface area contributed by atoms with Gasteiger partial charge >= 0.3 is 0 Å². The molecule has 0 aliphatic heterocycles. The fourth-order valence-electron chi connectivity index (χ4n) is 3.41. The molecule has 1 heterocycles. The molecule has 0 spiro atoms. The molecule has 0 radical (unpaired) electrons. The third-order valence-electron chi connectivity index (χ3n) is 4.75. The number of aryl methyl sites for hydroxylation is 3. The number of aromatic nitrogens is 1. The summed E-state index contributed by atoms with van der Waals surface area (Å²) in [6.45, 7) is 8.23. The van der Waals surface area contributed by atoms with Gasteiger partial charge in [0.2, 0.25) is 5.91 Å². The third-order valence-corrected chi connectivity index (χ3v) is 5.76. The van der Waals surface area contributed by atoms with Gasteiger partial charge in [-0.2, -0.15) is 5.10 Å². The monoisotopic (exact) mass is 436 g/mol. The van der Waals surface area contributed by atoms with Crippen molar-refractivity contribution >= 4 is 29.6 Å². The maximum Gasteiger partial charge on any atom is 0.269 e. The molecule has 2 aromatic carbocycles. The van der Waals surface area contributed by atoms with E-state index < -0.39 is 4.92 Å². The van der Waals surface area contributed by atoms with Gasteiger partial charge in [0.1, 0.15) is 0 Å². The van der Waals surface area contributed by atoms with E-state index in [0.29, 0.717) is 0 Å². The van der Waals surface area contributed by atoms with Crippen molar-refractivity contribution in [2.75, 3.05) is 5.75 Å². The summed E-state index contributed by atoms with van der Waals surface area (Å²) in [7, 11) is 0. The number of nitrogens with zero attached hydrogens (tertiary/aromatic N) is 3. The van der Waals surface area contributed by atoms with Gasteiger partial charge in [0.25, 0.3) is 5.69 Å². The molecule has 7 nitrogen and oxygen atoms in total. The molecule has 0 saturated heterocycles. The first-order valence-electron chi connectivity index (χ1n) is 9.71. The van der Waals surface area contributed by atoms with Gasteiger partial charge in [0.15, 0.2) is 0 Å². The van der Waals surface area contributed by atoms with Crippen molar-refractivity contribution in [2.24, 2.45) is 5.10 Å². The van der Waals surface area contributed by atoms with Gasteiger partial charge in [-0.25, -0.2) is 5.43 Å². The maximum atomic E-state index is 12.1. The minimum Gasteiger partial charge on any atom is -0.318 e. The molecule has 160 valence electrons. The Kier molecular flexibility index (Phi) is 6.91. The SMILES string of the molecule is Cc1cc(C)cc(-n2c(C)cc(/C=N\NC(=O)CSc3ccc([N+](=O)[O-])cc3)c2C)c1. The molecule has 0 fully saturated rings. The highest BCUT2D eigenvalue weighted by molar-refractivity contribution is 8.00. The van der Waals surface area contributed by atoms with Crippen LogP contribution in [0.4, 0.5) is 5.69 Å². The lowest BCUT2D eigenvalue weighted by Crippen LogP contribution is -2.19. The first-order chi connectivity index (χ1) is 14.7. The summed E-state index contributed by atoms with van der Waals surface area (Å²) in [4.78, 5) is 23.1. The number of rotatable bonds is 7. The molecule has 0 aliphatic rings. The number of carbonyl (C=O) groups excluding carboxylic acids is 1. The lowest BCUT2D eigenvalue weighted by molar-refractivity contribution is -0.384. The highest BCUT2D eigenvalue weighted by Crippen LogP contribution is 2.22. The van der Waals surface area contributed by atoms with Crippen LogP contribution in [0.25, 0.3) is 5.69 Å². The number of nitro groups is 1. The minimum atomic E-state index is -0.451. The fraction of sp³-hybridized carbons (Fsp3) is 0.217. The Morgan fingerprint density at radius 3 is 2.35 bits per heavy atom. The second-order valence-corrected chi connectivity index (χ2v) is 8.39. The number of carbonyl (C=O) groups is 1. The highest BCUT2D eigenvalue weighted by atomic mass is 32.2. The third kappa shape index (κ3) is 5.61.